The van der Waals surface area contributed by atoms with Crippen molar-refractivity contribution < 1.29 is 15.0 Å². The summed E-state index contributed by atoms with van der Waals surface area (Å²) in [5, 5.41) is 23.3. The van der Waals surface area contributed by atoms with Crippen LogP contribution in [0.4, 0.5) is 0 Å². The average Bonchev–Trinajstić information content (AvgIpc) is 3.19. The number of unbranched alkanes of at least 4 members (excludes halogenated alkanes) is 41. The molecule has 0 heterocycles. The zero-order valence-electron chi connectivity index (χ0n) is 38.0. The van der Waals surface area contributed by atoms with Crippen LogP contribution in [0.2, 0.25) is 0 Å². The van der Waals surface area contributed by atoms with E-state index in [2.05, 4.69) is 19.2 Å². The molecule has 0 aliphatic carbocycles. The van der Waals surface area contributed by atoms with Gasteiger partial charge < -0.3 is 15.5 Å². The molecule has 0 aromatic rings. The lowest BCUT2D eigenvalue weighted by molar-refractivity contribution is -0.123. The van der Waals surface area contributed by atoms with E-state index in [9.17, 15) is 15.0 Å². The predicted octanol–water partition coefficient (Wildman–Crippen LogP) is 16.4. The number of carbonyl (C=O) groups excluding carboxylic acids is 1. The lowest BCUT2D eigenvalue weighted by Gasteiger charge is -2.22. The predicted molar refractivity (Wildman–Crippen MR) is 244 cm³/mol. The third-order valence-electron chi connectivity index (χ3n) is 12.4. The van der Waals surface area contributed by atoms with Crippen molar-refractivity contribution in [3.63, 3.8) is 0 Å². The van der Waals surface area contributed by atoms with Gasteiger partial charge >= 0.3 is 0 Å². The Labute approximate surface area is 346 Å². The fourth-order valence-corrected chi connectivity index (χ4v) is 8.42. The molecule has 55 heavy (non-hydrogen) atoms. The third-order valence-corrected chi connectivity index (χ3v) is 12.4. The van der Waals surface area contributed by atoms with Crippen molar-refractivity contribution in [3.05, 3.63) is 0 Å². The Kier molecular flexibility index (Phi) is 47.2. The zero-order chi connectivity index (χ0) is 40.0. The molecule has 0 radical (unpaired) electrons. The second kappa shape index (κ2) is 47.8. The molecular weight excluding hydrogens is 675 g/mol. The average molecular weight is 778 g/mol. The highest BCUT2D eigenvalue weighted by Crippen LogP contribution is 2.18. The van der Waals surface area contributed by atoms with Crippen LogP contribution in [0.5, 0.6) is 0 Å². The SMILES string of the molecule is CCCCCCCCCCCCCCCCCCCCCCCCCCCCC(O)C(CO)NC(=O)CCCCCCCCCCCCCCCCCCC. The minimum absolute atomic E-state index is 0.0240. The van der Waals surface area contributed by atoms with E-state index < -0.39 is 12.1 Å². The van der Waals surface area contributed by atoms with Gasteiger partial charge in [0.05, 0.1) is 18.8 Å². The first-order valence-corrected chi connectivity index (χ1v) is 25.7. The number of nitrogens with one attached hydrogen (secondary N) is 1. The Bertz CT molecular complexity index is 714. The van der Waals surface area contributed by atoms with Gasteiger partial charge in [-0.25, -0.2) is 0 Å². The van der Waals surface area contributed by atoms with Crippen LogP contribution in [-0.4, -0.2) is 34.9 Å². The molecule has 0 bridgehead atoms. The second-order valence-electron chi connectivity index (χ2n) is 18.0. The van der Waals surface area contributed by atoms with Gasteiger partial charge in [-0.05, 0) is 12.8 Å². The number of amides is 1. The minimum atomic E-state index is -0.654. The molecule has 4 nitrogen and oxygen atoms in total. The van der Waals surface area contributed by atoms with Crippen molar-refractivity contribution in [1.82, 2.24) is 5.32 Å². The van der Waals surface area contributed by atoms with Gasteiger partial charge in [0.25, 0.3) is 0 Å². The van der Waals surface area contributed by atoms with Crippen LogP contribution in [-0.2, 0) is 4.79 Å². The van der Waals surface area contributed by atoms with Gasteiger partial charge in [0.2, 0.25) is 5.91 Å². The molecular formula is C51H103NO3. The van der Waals surface area contributed by atoms with Crippen molar-refractivity contribution in [2.24, 2.45) is 0 Å². The summed E-state index contributed by atoms with van der Waals surface area (Å²) < 4.78 is 0. The van der Waals surface area contributed by atoms with E-state index in [1.807, 2.05) is 0 Å². The van der Waals surface area contributed by atoms with E-state index in [1.54, 1.807) is 0 Å². The highest BCUT2D eigenvalue weighted by atomic mass is 16.3. The van der Waals surface area contributed by atoms with Gasteiger partial charge in [-0.2, -0.15) is 0 Å². The van der Waals surface area contributed by atoms with E-state index in [0.29, 0.717) is 12.8 Å². The molecule has 2 unspecified atom stereocenters. The molecule has 4 heteroatoms. The molecule has 3 N–H and O–H groups in total. The maximum atomic E-state index is 12.4. The fourth-order valence-electron chi connectivity index (χ4n) is 8.42. The Hall–Kier alpha value is -0.610. The van der Waals surface area contributed by atoms with E-state index in [1.165, 1.54) is 250 Å². The smallest absolute Gasteiger partial charge is 0.220 e. The van der Waals surface area contributed by atoms with E-state index in [0.717, 1.165) is 25.7 Å². The lowest BCUT2D eigenvalue weighted by atomic mass is 10.0. The Morgan fingerprint density at radius 2 is 0.582 bits per heavy atom. The molecule has 0 aromatic heterocycles. The molecule has 0 rings (SSSR count). The van der Waals surface area contributed by atoms with Crippen LogP contribution in [0.15, 0.2) is 0 Å². The van der Waals surface area contributed by atoms with Crippen molar-refractivity contribution in [1.29, 1.82) is 0 Å². The van der Waals surface area contributed by atoms with Crippen molar-refractivity contribution in [3.8, 4) is 0 Å². The zero-order valence-corrected chi connectivity index (χ0v) is 38.0. The summed E-state index contributed by atoms with van der Waals surface area (Å²) in [6, 6.07) is -0.530. The molecule has 0 fully saturated rings. The van der Waals surface area contributed by atoms with E-state index in [4.69, 9.17) is 0 Å². The minimum Gasteiger partial charge on any atom is -0.394 e. The number of aliphatic hydroxyl groups is 2. The maximum absolute atomic E-state index is 12.4. The fraction of sp³-hybridized carbons (Fsp3) is 0.980. The second-order valence-corrected chi connectivity index (χ2v) is 18.0. The molecule has 0 spiro atoms. The monoisotopic (exact) mass is 778 g/mol. The quantitative estimate of drug-likeness (QED) is 0.0539. The van der Waals surface area contributed by atoms with Gasteiger partial charge in [0.15, 0.2) is 0 Å². The van der Waals surface area contributed by atoms with Gasteiger partial charge in [-0.15, -0.1) is 0 Å². The molecule has 0 saturated heterocycles. The van der Waals surface area contributed by atoms with Crippen LogP contribution >= 0.6 is 0 Å². The van der Waals surface area contributed by atoms with Gasteiger partial charge in [-0.3, -0.25) is 4.79 Å². The first-order valence-electron chi connectivity index (χ1n) is 25.7. The molecule has 1 amide bonds. The molecule has 2 atom stereocenters. The summed E-state index contributed by atoms with van der Waals surface area (Å²) in [6.45, 7) is 4.40. The summed E-state index contributed by atoms with van der Waals surface area (Å²) in [7, 11) is 0. The topological polar surface area (TPSA) is 69.6 Å². The van der Waals surface area contributed by atoms with E-state index in [-0.39, 0.29) is 12.5 Å². The summed E-state index contributed by atoms with van der Waals surface area (Å²) in [4.78, 5) is 12.4. The maximum Gasteiger partial charge on any atom is 0.220 e. The lowest BCUT2D eigenvalue weighted by Crippen LogP contribution is -2.45. The summed E-state index contributed by atoms with van der Waals surface area (Å²) in [6.07, 6.45) is 59.3. The summed E-state index contributed by atoms with van der Waals surface area (Å²) in [5.41, 5.74) is 0. The summed E-state index contributed by atoms with van der Waals surface area (Å²) in [5.74, 6) is -0.0240. The highest BCUT2D eigenvalue weighted by Gasteiger charge is 2.20. The van der Waals surface area contributed by atoms with Crippen LogP contribution in [0.25, 0.3) is 0 Å². The number of hydrogen-bond donors (Lipinski definition) is 3. The number of rotatable bonds is 48. The molecule has 330 valence electrons. The first-order chi connectivity index (χ1) is 27.2. The molecule has 0 saturated carbocycles. The Balaban J connectivity index is 3.41. The van der Waals surface area contributed by atoms with Crippen LogP contribution in [0.3, 0.4) is 0 Å². The van der Waals surface area contributed by atoms with Crippen LogP contribution in [0, 0.1) is 0 Å². The molecule has 0 aliphatic rings. The van der Waals surface area contributed by atoms with Crippen molar-refractivity contribution >= 4 is 5.91 Å². The van der Waals surface area contributed by atoms with E-state index >= 15 is 0 Å². The Morgan fingerprint density at radius 1 is 0.364 bits per heavy atom. The standard InChI is InChI=1S/C51H103NO3/c1-3-5-7-9-11-13-15-17-19-21-22-23-24-25-26-27-28-29-31-32-34-36-38-40-42-44-46-50(54)49(48-53)52-51(55)47-45-43-41-39-37-35-33-30-20-18-16-14-12-10-8-6-4-2/h49-50,53-54H,3-48H2,1-2H3,(H,52,55). The number of aliphatic hydroxyl groups excluding tert-OH is 2. The number of hydrogen-bond acceptors (Lipinski definition) is 3. The molecule has 0 aliphatic heterocycles. The largest absolute Gasteiger partial charge is 0.394 e. The van der Waals surface area contributed by atoms with Gasteiger partial charge in [0, 0.05) is 6.42 Å². The highest BCUT2D eigenvalue weighted by molar-refractivity contribution is 5.76. The first kappa shape index (κ1) is 54.4. The summed E-state index contributed by atoms with van der Waals surface area (Å²) >= 11 is 0. The third kappa shape index (κ3) is 44.3. The van der Waals surface area contributed by atoms with Crippen LogP contribution < -0.4 is 5.32 Å². The van der Waals surface area contributed by atoms with Crippen molar-refractivity contribution in [2.75, 3.05) is 6.61 Å². The Morgan fingerprint density at radius 3 is 0.818 bits per heavy atom. The molecule has 0 aromatic carbocycles. The normalized spacial score (nSPS) is 12.7. The van der Waals surface area contributed by atoms with Gasteiger partial charge in [0.1, 0.15) is 0 Å². The van der Waals surface area contributed by atoms with Crippen molar-refractivity contribution in [2.45, 2.75) is 315 Å². The van der Waals surface area contributed by atoms with Gasteiger partial charge in [-0.1, -0.05) is 284 Å². The van der Waals surface area contributed by atoms with Crippen LogP contribution in [0.1, 0.15) is 303 Å². The number of carbonyl (C=O) groups is 1.